The molecule has 2 aliphatic rings. The standard InChI is InChI=1S/C33H24BrN/c34-27-17-9-7-15-23(27)31-30-25(29(21-11-3-1-4-12-21)22-13-5-2-6-14-22)19-20-26(30)33-32(31)24-16-8-10-18-28(24)35-33/h1-20,26,30-31,35H. The van der Waals surface area contributed by atoms with E-state index >= 15 is 0 Å². The topological polar surface area (TPSA) is 15.8 Å². The van der Waals surface area contributed by atoms with Crippen LogP contribution in [0.25, 0.3) is 16.5 Å². The van der Waals surface area contributed by atoms with Crippen LogP contribution in [0.4, 0.5) is 0 Å². The van der Waals surface area contributed by atoms with Crippen LogP contribution < -0.4 is 0 Å². The number of hydrogen-bond acceptors (Lipinski definition) is 0. The molecule has 1 heterocycles. The number of para-hydroxylation sites is 1. The van der Waals surface area contributed by atoms with Crippen molar-refractivity contribution in [3.05, 3.63) is 159 Å². The SMILES string of the molecule is Brc1ccccc1C1c2c([nH]c3ccccc23)C2C=CC(=C(c3ccccc3)c3ccccc3)C21. The molecule has 0 bridgehead atoms. The summed E-state index contributed by atoms with van der Waals surface area (Å²) in [5.74, 6) is 0.913. The first-order valence-electron chi connectivity index (χ1n) is 12.2. The summed E-state index contributed by atoms with van der Waals surface area (Å²) in [4.78, 5) is 3.82. The summed E-state index contributed by atoms with van der Waals surface area (Å²) in [5.41, 5.74) is 10.7. The second-order valence-electron chi connectivity index (χ2n) is 9.47. The molecule has 3 unspecified atom stereocenters. The number of allylic oxidation sites excluding steroid dienone is 3. The van der Waals surface area contributed by atoms with Crippen molar-refractivity contribution >= 4 is 32.4 Å². The quantitative estimate of drug-likeness (QED) is 0.248. The first kappa shape index (κ1) is 20.7. The van der Waals surface area contributed by atoms with Gasteiger partial charge in [-0.3, -0.25) is 0 Å². The van der Waals surface area contributed by atoms with Gasteiger partial charge in [-0.25, -0.2) is 0 Å². The van der Waals surface area contributed by atoms with Gasteiger partial charge < -0.3 is 4.98 Å². The molecule has 0 aliphatic heterocycles. The van der Waals surface area contributed by atoms with Crippen LogP contribution in [0.2, 0.25) is 0 Å². The molecule has 0 saturated carbocycles. The van der Waals surface area contributed by atoms with Crippen molar-refractivity contribution in [2.45, 2.75) is 11.8 Å². The van der Waals surface area contributed by atoms with E-state index in [0.29, 0.717) is 11.8 Å². The van der Waals surface area contributed by atoms with Crippen molar-refractivity contribution in [3.63, 3.8) is 0 Å². The van der Waals surface area contributed by atoms with Gasteiger partial charge >= 0.3 is 0 Å². The number of rotatable bonds is 3. The summed E-state index contributed by atoms with van der Waals surface area (Å²) in [6.45, 7) is 0. The van der Waals surface area contributed by atoms with E-state index in [1.807, 2.05) is 0 Å². The summed E-state index contributed by atoms with van der Waals surface area (Å²) in [6, 6.07) is 39.3. The van der Waals surface area contributed by atoms with E-state index in [2.05, 4.69) is 142 Å². The Bertz CT molecular complexity index is 1570. The molecule has 35 heavy (non-hydrogen) atoms. The number of nitrogens with one attached hydrogen (secondary N) is 1. The van der Waals surface area contributed by atoms with Gasteiger partial charge in [0.25, 0.3) is 0 Å². The maximum Gasteiger partial charge on any atom is 0.0459 e. The number of benzene rings is 4. The van der Waals surface area contributed by atoms with E-state index in [-0.39, 0.29) is 5.92 Å². The zero-order chi connectivity index (χ0) is 23.4. The normalized spacial score (nSPS) is 20.3. The smallest absolute Gasteiger partial charge is 0.0459 e. The molecule has 4 aromatic carbocycles. The number of aromatic amines is 1. The van der Waals surface area contributed by atoms with Crippen molar-refractivity contribution in [3.8, 4) is 0 Å². The van der Waals surface area contributed by atoms with Crippen LogP contribution in [0.15, 0.2) is 131 Å². The van der Waals surface area contributed by atoms with Gasteiger partial charge in [0.05, 0.1) is 0 Å². The van der Waals surface area contributed by atoms with Gasteiger partial charge in [-0.05, 0) is 45.5 Å². The molecule has 0 amide bonds. The minimum absolute atomic E-state index is 0.258. The largest absolute Gasteiger partial charge is 0.358 e. The molecule has 0 spiro atoms. The third-order valence-electron chi connectivity index (χ3n) is 7.66. The molecule has 0 radical (unpaired) electrons. The highest BCUT2D eigenvalue weighted by Crippen LogP contribution is 2.60. The van der Waals surface area contributed by atoms with Gasteiger partial charge in [-0.1, -0.05) is 125 Å². The monoisotopic (exact) mass is 513 g/mol. The fraction of sp³-hybridized carbons (Fsp3) is 0.0909. The maximum atomic E-state index is 3.91. The van der Waals surface area contributed by atoms with E-state index in [9.17, 15) is 0 Å². The van der Waals surface area contributed by atoms with Crippen LogP contribution in [0.3, 0.4) is 0 Å². The molecular formula is C33H24BrN. The third-order valence-corrected chi connectivity index (χ3v) is 8.39. The van der Waals surface area contributed by atoms with Crippen molar-refractivity contribution in [2.24, 2.45) is 5.92 Å². The van der Waals surface area contributed by atoms with E-state index in [4.69, 9.17) is 0 Å². The Kier molecular flexibility index (Phi) is 4.89. The van der Waals surface area contributed by atoms with Crippen LogP contribution in [0.5, 0.6) is 0 Å². The number of hydrogen-bond donors (Lipinski definition) is 1. The Morgan fingerprint density at radius 3 is 2.03 bits per heavy atom. The van der Waals surface area contributed by atoms with Crippen LogP contribution in [0, 0.1) is 5.92 Å². The summed E-state index contributed by atoms with van der Waals surface area (Å²) >= 11 is 3.91. The summed E-state index contributed by atoms with van der Waals surface area (Å²) in [7, 11) is 0. The second kappa shape index (κ2) is 8.25. The van der Waals surface area contributed by atoms with E-state index in [1.54, 1.807) is 0 Å². The van der Waals surface area contributed by atoms with Crippen LogP contribution >= 0.6 is 15.9 Å². The van der Waals surface area contributed by atoms with E-state index in [0.717, 1.165) is 0 Å². The molecule has 1 aromatic heterocycles. The maximum absolute atomic E-state index is 3.91. The predicted octanol–water partition coefficient (Wildman–Crippen LogP) is 8.85. The number of aromatic nitrogens is 1. The summed E-state index contributed by atoms with van der Waals surface area (Å²) in [5, 5.41) is 1.34. The van der Waals surface area contributed by atoms with E-state index in [1.165, 1.54) is 54.5 Å². The first-order chi connectivity index (χ1) is 17.3. The molecule has 1 nitrogen and oxygen atoms in total. The molecular weight excluding hydrogens is 490 g/mol. The Morgan fingerprint density at radius 2 is 1.31 bits per heavy atom. The lowest BCUT2D eigenvalue weighted by Gasteiger charge is -2.26. The van der Waals surface area contributed by atoms with E-state index < -0.39 is 0 Å². The Hall–Kier alpha value is -3.62. The van der Waals surface area contributed by atoms with Crippen molar-refractivity contribution < 1.29 is 0 Å². The lowest BCUT2D eigenvalue weighted by Crippen LogP contribution is -2.14. The average Bonchev–Trinajstić information content (AvgIpc) is 3.57. The number of halogens is 1. The van der Waals surface area contributed by atoms with Crippen LogP contribution in [-0.2, 0) is 0 Å². The Balaban J connectivity index is 1.53. The van der Waals surface area contributed by atoms with Crippen molar-refractivity contribution in [1.82, 2.24) is 4.98 Å². The molecule has 2 heteroatoms. The number of fused-ring (bicyclic) bond motifs is 5. The van der Waals surface area contributed by atoms with Gasteiger partial charge in [-0.15, -0.1) is 0 Å². The van der Waals surface area contributed by atoms with Gasteiger partial charge in [0.1, 0.15) is 0 Å². The Morgan fingerprint density at radius 1 is 0.686 bits per heavy atom. The molecule has 3 atom stereocenters. The lowest BCUT2D eigenvalue weighted by molar-refractivity contribution is 0.567. The first-order valence-corrected chi connectivity index (χ1v) is 13.0. The van der Waals surface area contributed by atoms with Crippen LogP contribution in [0.1, 0.15) is 39.8 Å². The second-order valence-corrected chi connectivity index (χ2v) is 10.3. The minimum Gasteiger partial charge on any atom is -0.358 e. The molecule has 7 rings (SSSR count). The zero-order valence-corrected chi connectivity index (χ0v) is 20.7. The molecule has 2 aliphatic carbocycles. The predicted molar refractivity (Wildman–Crippen MR) is 149 cm³/mol. The highest BCUT2D eigenvalue weighted by Gasteiger charge is 2.47. The van der Waals surface area contributed by atoms with Crippen molar-refractivity contribution in [1.29, 1.82) is 0 Å². The molecule has 0 saturated heterocycles. The average molecular weight is 514 g/mol. The molecule has 168 valence electrons. The lowest BCUT2D eigenvalue weighted by atomic mass is 9.77. The number of H-pyrrole nitrogens is 1. The summed E-state index contributed by atoms with van der Waals surface area (Å²) in [6.07, 6.45) is 4.82. The van der Waals surface area contributed by atoms with Gasteiger partial charge in [0, 0.05) is 38.8 Å². The third kappa shape index (κ3) is 3.20. The summed E-state index contributed by atoms with van der Waals surface area (Å²) < 4.78 is 1.18. The minimum atomic E-state index is 0.258. The fourth-order valence-electron chi connectivity index (χ4n) is 6.29. The highest BCUT2D eigenvalue weighted by atomic mass is 79.9. The van der Waals surface area contributed by atoms with Crippen molar-refractivity contribution in [2.75, 3.05) is 0 Å². The molecule has 0 fully saturated rings. The van der Waals surface area contributed by atoms with Gasteiger partial charge in [0.2, 0.25) is 0 Å². The van der Waals surface area contributed by atoms with Crippen LogP contribution in [-0.4, -0.2) is 4.98 Å². The molecule has 5 aromatic rings. The fourth-order valence-corrected chi connectivity index (χ4v) is 6.82. The Labute approximate surface area is 214 Å². The zero-order valence-electron chi connectivity index (χ0n) is 19.2. The highest BCUT2D eigenvalue weighted by molar-refractivity contribution is 9.10. The molecule has 1 N–H and O–H groups in total. The van der Waals surface area contributed by atoms with Gasteiger partial charge in [-0.2, -0.15) is 0 Å². The van der Waals surface area contributed by atoms with Gasteiger partial charge in [0.15, 0.2) is 0 Å².